The quantitative estimate of drug-likeness (QED) is 0.753. The van der Waals surface area contributed by atoms with Gasteiger partial charge in [0.25, 0.3) is 0 Å². The third-order valence-electron chi connectivity index (χ3n) is 4.29. The van der Waals surface area contributed by atoms with Crippen LogP contribution in [0.1, 0.15) is 38.5 Å². The summed E-state index contributed by atoms with van der Waals surface area (Å²) in [5.74, 6) is 0.736. The van der Waals surface area contributed by atoms with E-state index in [1.807, 2.05) is 0 Å². The minimum absolute atomic E-state index is 0.0824. The second-order valence-corrected chi connectivity index (χ2v) is 5.59. The first-order valence-electron chi connectivity index (χ1n) is 7.32. The van der Waals surface area contributed by atoms with E-state index in [4.69, 9.17) is 0 Å². The van der Waals surface area contributed by atoms with Crippen molar-refractivity contribution >= 4 is 5.97 Å². The molecule has 0 amide bonds. The number of rotatable bonds is 5. The van der Waals surface area contributed by atoms with Crippen molar-refractivity contribution in [1.82, 2.24) is 10.2 Å². The Morgan fingerprint density at radius 1 is 1.39 bits per heavy atom. The summed E-state index contributed by atoms with van der Waals surface area (Å²) in [5.41, 5.74) is 0. The topological polar surface area (TPSA) is 41.6 Å². The second kappa shape index (κ2) is 7.10. The van der Waals surface area contributed by atoms with E-state index in [9.17, 15) is 4.79 Å². The highest BCUT2D eigenvalue weighted by molar-refractivity contribution is 5.69. The Labute approximate surface area is 110 Å². The average molecular weight is 254 g/mol. The summed E-state index contributed by atoms with van der Waals surface area (Å²) in [6.07, 6.45) is 6.84. The van der Waals surface area contributed by atoms with Crippen molar-refractivity contribution in [2.75, 3.05) is 33.3 Å². The number of hydrogen-bond donors (Lipinski definition) is 1. The zero-order chi connectivity index (χ0) is 12.8. The Kier molecular flexibility index (Phi) is 5.45. The van der Waals surface area contributed by atoms with Crippen LogP contribution in [0, 0.1) is 5.92 Å². The van der Waals surface area contributed by atoms with E-state index in [0.717, 1.165) is 24.9 Å². The highest BCUT2D eigenvalue weighted by Crippen LogP contribution is 2.24. The molecule has 0 aromatic rings. The lowest BCUT2D eigenvalue weighted by Crippen LogP contribution is -2.43. The van der Waals surface area contributed by atoms with Gasteiger partial charge in [0.2, 0.25) is 0 Å². The van der Waals surface area contributed by atoms with E-state index in [2.05, 4.69) is 15.0 Å². The van der Waals surface area contributed by atoms with Gasteiger partial charge in [0.05, 0.1) is 7.11 Å². The van der Waals surface area contributed by atoms with Crippen molar-refractivity contribution in [3.05, 3.63) is 0 Å². The number of ether oxygens (including phenoxy) is 1. The molecule has 2 fully saturated rings. The summed E-state index contributed by atoms with van der Waals surface area (Å²) < 4.78 is 4.67. The maximum Gasteiger partial charge on any atom is 0.305 e. The molecule has 2 saturated heterocycles. The van der Waals surface area contributed by atoms with Crippen LogP contribution in [-0.2, 0) is 9.53 Å². The normalized spacial score (nSPS) is 29.4. The standard InChI is InChI=1S/C14H26N2O2/c1-18-14(17)7-4-10-16-9-3-5-12(11-16)13-6-2-8-15-13/h12-13,15H,2-11H2,1H3. The third kappa shape index (κ3) is 3.95. The summed E-state index contributed by atoms with van der Waals surface area (Å²) in [6.45, 7) is 4.64. The summed E-state index contributed by atoms with van der Waals surface area (Å²) in [7, 11) is 1.46. The number of methoxy groups -OCH3 is 1. The fourth-order valence-corrected chi connectivity index (χ4v) is 3.29. The molecule has 2 aliphatic rings. The van der Waals surface area contributed by atoms with Crippen molar-refractivity contribution in [2.24, 2.45) is 5.92 Å². The zero-order valence-electron chi connectivity index (χ0n) is 11.5. The largest absolute Gasteiger partial charge is 0.469 e. The van der Waals surface area contributed by atoms with Gasteiger partial charge < -0.3 is 15.0 Å². The molecule has 0 aliphatic carbocycles. The number of hydrogen-bond acceptors (Lipinski definition) is 4. The fraction of sp³-hybridized carbons (Fsp3) is 0.929. The Morgan fingerprint density at radius 2 is 2.28 bits per heavy atom. The van der Waals surface area contributed by atoms with Crippen LogP contribution < -0.4 is 5.32 Å². The lowest BCUT2D eigenvalue weighted by molar-refractivity contribution is -0.140. The van der Waals surface area contributed by atoms with E-state index < -0.39 is 0 Å². The van der Waals surface area contributed by atoms with Crippen LogP contribution in [0.25, 0.3) is 0 Å². The van der Waals surface area contributed by atoms with Gasteiger partial charge in [0, 0.05) is 19.0 Å². The minimum Gasteiger partial charge on any atom is -0.469 e. The lowest BCUT2D eigenvalue weighted by atomic mass is 9.89. The molecule has 2 heterocycles. The molecule has 4 heteroatoms. The Hall–Kier alpha value is -0.610. The van der Waals surface area contributed by atoms with E-state index >= 15 is 0 Å². The third-order valence-corrected chi connectivity index (χ3v) is 4.29. The van der Waals surface area contributed by atoms with Crippen LogP contribution in [0.5, 0.6) is 0 Å². The maximum atomic E-state index is 11.1. The highest BCUT2D eigenvalue weighted by atomic mass is 16.5. The number of esters is 1. The van der Waals surface area contributed by atoms with Gasteiger partial charge in [-0.2, -0.15) is 0 Å². The summed E-state index contributed by atoms with van der Waals surface area (Å²) in [5, 5.41) is 3.63. The monoisotopic (exact) mass is 254 g/mol. The van der Waals surface area contributed by atoms with E-state index in [1.165, 1.54) is 52.4 Å². The maximum absolute atomic E-state index is 11.1. The first kappa shape index (κ1) is 13.8. The average Bonchev–Trinajstić information content (AvgIpc) is 2.93. The molecule has 2 rings (SSSR count). The summed E-state index contributed by atoms with van der Waals surface area (Å²) in [4.78, 5) is 13.6. The van der Waals surface area contributed by atoms with Gasteiger partial charge in [-0.25, -0.2) is 0 Å². The Bertz CT molecular complexity index is 265. The van der Waals surface area contributed by atoms with Gasteiger partial charge in [-0.05, 0) is 57.7 Å². The number of piperidine rings is 1. The van der Waals surface area contributed by atoms with Crippen molar-refractivity contribution < 1.29 is 9.53 Å². The molecule has 104 valence electrons. The molecular formula is C14H26N2O2. The van der Waals surface area contributed by atoms with Crippen molar-refractivity contribution in [3.63, 3.8) is 0 Å². The van der Waals surface area contributed by atoms with Crippen LogP contribution in [0.15, 0.2) is 0 Å². The highest BCUT2D eigenvalue weighted by Gasteiger charge is 2.28. The molecule has 1 N–H and O–H groups in total. The van der Waals surface area contributed by atoms with E-state index in [-0.39, 0.29) is 5.97 Å². The summed E-state index contributed by atoms with van der Waals surface area (Å²) in [6, 6.07) is 0.744. The van der Waals surface area contributed by atoms with Crippen LogP contribution >= 0.6 is 0 Å². The number of carbonyl (C=O) groups excluding carboxylic acids is 1. The van der Waals surface area contributed by atoms with Crippen LogP contribution in [0.2, 0.25) is 0 Å². The molecule has 0 radical (unpaired) electrons. The summed E-state index contributed by atoms with van der Waals surface area (Å²) >= 11 is 0. The number of likely N-dealkylation sites (tertiary alicyclic amines) is 1. The molecule has 0 bridgehead atoms. The molecule has 2 unspecified atom stereocenters. The van der Waals surface area contributed by atoms with Crippen molar-refractivity contribution in [3.8, 4) is 0 Å². The smallest absolute Gasteiger partial charge is 0.305 e. The van der Waals surface area contributed by atoms with E-state index in [1.54, 1.807) is 0 Å². The van der Waals surface area contributed by atoms with Gasteiger partial charge in [-0.3, -0.25) is 4.79 Å². The predicted octanol–water partition coefficient (Wildman–Crippen LogP) is 1.40. The van der Waals surface area contributed by atoms with Gasteiger partial charge in [-0.1, -0.05) is 0 Å². The molecule has 2 aliphatic heterocycles. The van der Waals surface area contributed by atoms with Crippen LogP contribution in [0.3, 0.4) is 0 Å². The SMILES string of the molecule is COC(=O)CCCN1CCCC(C2CCCN2)C1. The zero-order valence-corrected chi connectivity index (χ0v) is 11.5. The first-order chi connectivity index (χ1) is 8.79. The second-order valence-electron chi connectivity index (χ2n) is 5.59. The molecule has 4 nitrogen and oxygen atoms in total. The van der Waals surface area contributed by atoms with Crippen molar-refractivity contribution in [1.29, 1.82) is 0 Å². The first-order valence-corrected chi connectivity index (χ1v) is 7.32. The van der Waals surface area contributed by atoms with Gasteiger partial charge in [0.1, 0.15) is 0 Å². The predicted molar refractivity (Wildman–Crippen MR) is 71.4 cm³/mol. The molecular weight excluding hydrogens is 228 g/mol. The number of carbonyl (C=O) groups is 1. The number of nitrogens with zero attached hydrogens (tertiary/aromatic N) is 1. The Balaban J connectivity index is 1.68. The van der Waals surface area contributed by atoms with Gasteiger partial charge in [0.15, 0.2) is 0 Å². The van der Waals surface area contributed by atoms with Gasteiger partial charge >= 0.3 is 5.97 Å². The minimum atomic E-state index is -0.0824. The fourth-order valence-electron chi connectivity index (χ4n) is 3.29. The Morgan fingerprint density at radius 3 is 3.00 bits per heavy atom. The lowest BCUT2D eigenvalue weighted by Gasteiger charge is -2.35. The van der Waals surface area contributed by atoms with Gasteiger partial charge in [-0.15, -0.1) is 0 Å². The molecule has 0 saturated carbocycles. The molecule has 0 aromatic heterocycles. The molecule has 0 spiro atoms. The molecule has 2 atom stereocenters. The number of nitrogens with one attached hydrogen (secondary N) is 1. The van der Waals surface area contributed by atoms with Crippen molar-refractivity contribution in [2.45, 2.75) is 44.6 Å². The molecule has 0 aromatic carbocycles. The van der Waals surface area contributed by atoms with Crippen LogP contribution in [0.4, 0.5) is 0 Å². The van der Waals surface area contributed by atoms with E-state index in [0.29, 0.717) is 6.42 Å². The molecule has 18 heavy (non-hydrogen) atoms. The van der Waals surface area contributed by atoms with Crippen LogP contribution in [-0.4, -0.2) is 50.2 Å².